The number of methoxy groups -OCH3 is 1. The maximum absolute atomic E-state index is 11.1. The summed E-state index contributed by atoms with van der Waals surface area (Å²) < 4.78 is 5.01. The van der Waals surface area contributed by atoms with Crippen molar-refractivity contribution in [1.29, 1.82) is 0 Å². The molecule has 1 heterocycles. The van der Waals surface area contributed by atoms with Crippen LogP contribution in [0.4, 0.5) is 0 Å². The maximum atomic E-state index is 11.1. The number of likely N-dealkylation sites (tertiary alicyclic amines) is 1. The van der Waals surface area contributed by atoms with Crippen molar-refractivity contribution in [2.45, 2.75) is 18.4 Å². The molecular formula is C7H12ClNO2. The molecule has 3 nitrogen and oxygen atoms in total. The van der Waals surface area contributed by atoms with Crippen molar-refractivity contribution in [1.82, 2.24) is 4.90 Å². The second-order valence-electron chi connectivity index (χ2n) is 2.72. The summed E-state index contributed by atoms with van der Waals surface area (Å²) in [6.45, 7) is 3.06. The van der Waals surface area contributed by atoms with Crippen molar-refractivity contribution < 1.29 is 9.53 Å². The number of carbonyl (C=O) groups is 1. The molecule has 1 aliphatic rings. The van der Waals surface area contributed by atoms with E-state index in [1.54, 1.807) is 18.9 Å². The Hall–Kier alpha value is -0.280. The Morgan fingerprint density at radius 3 is 2.64 bits per heavy atom. The molecule has 0 spiro atoms. The standard InChI is InChI=1S/C7H12ClNO2/c1-5(8)7(10)9-3-6(4-9)11-2/h5-6H,3-4H2,1-2H3/t5-/m0/s1. The molecule has 0 saturated carbocycles. The smallest absolute Gasteiger partial charge is 0.240 e. The van der Waals surface area contributed by atoms with Gasteiger partial charge in [0.05, 0.1) is 6.10 Å². The van der Waals surface area contributed by atoms with E-state index in [1.807, 2.05) is 0 Å². The van der Waals surface area contributed by atoms with Gasteiger partial charge in [0.15, 0.2) is 0 Å². The highest BCUT2D eigenvalue weighted by atomic mass is 35.5. The predicted molar refractivity (Wildman–Crippen MR) is 42.7 cm³/mol. The monoisotopic (exact) mass is 177 g/mol. The van der Waals surface area contributed by atoms with Crippen LogP contribution in [0.2, 0.25) is 0 Å². The fourth-order valence-corrected chi connectivity index (χ4v) is 1.16. The third-order valence-corrected chi connectivity index (χ3v) is 2.02. The van der Waals surface area contributed by atoms with Crippen LogP contribution in [-0.4, -0.2) is 42.5 Å². The lowest BCUT2D eigenvalue weighted by molar-refractivity contribution is -0.142. The van der Waals surface area contributed by atoms with Gasteiger partial charge in [-0.25, -0.2) is 0 Å². The molecule has 11 heavy (non-hydrogen) atoms. The van der Waals surface area contributed by atoms with Crippen molar-refractivity contribution in [2.75, 3.05) is 20.2 Å². The van der Waals surface area contributed by atoms with Crippen molar-refractivity contribution in [3.8, 4) is 0 Å². The van der Waals surface area contributed by atoms with Crippen LogP contribution < -0.4 is 0 Å². The first-order valence-corrected chi connectivity index (χ1v) is 4.04. The zero-order valence-corrected chi connectivity index (χ0v) is 7.47. The highest BCUT2D eigenvalue weighted by Gasteiger charge is 2.31. The Balaban J connectivity index is 2.27. The number of amides is 1. The fourth-order valence-electron chi connectivity index (χ4n) is 1.02. The summed E-state index contributed by atoms with van der Waals surface area (Å²) in [5.74, 6) is -0.0000309. The van der Waals surface area contributed by atoms with Crippen molar-refractivity contribution in [3.63, 3.8) is 0 Å². The summed E-state index contributed by atoms with van der Waals surface area (Å²) in [5.41, 5.74) is 0. The van der Waals surface area contributed by atoms with Gasteiger partial charge in [0.2, 0.25) is 5.91 Å². The second kappa shape index (κ2) is 3.41. The van der Waals surface area contributed by atoms with E-state index in [4.69, 9.17) is 16.3 Å². The molecule has 0 aromatic rings. The normalized spacial score (nSPS) is 21.2. The van der Waals surface area contributed by atoms with Gasteiger partial charge in [0.25, 0.3) is 0 Å². The van der Waals surface area contributed by atoms with Crippen LogP contribution in [0.1, 0.15) is 6.92 Å². The average Bonchev–Trinajstić information content (AvgIpc) is 1.85. The van der Waals surface area contributed by atoms with Gasteiger partial charge in [-0.1, -0.05) is 0 Å². The molecule has 0 aromatic heterocycles. The Labute approximate surface area is 71.3 Å². The summed E-state index contributed by atoms with van der Waals surface area (Å²) >= 11 is 5.59. The fraction of sp³-hybridized carbons (Fsp3) is 0.857. The topological polar surface area (TPSA) is 29.5 Å². The van der Waals surface area contributed by atoms with E-state index in [9.17, 15) is 4.79 Å². The first kappa shape index (κ1) is 8.81. The molecule has 0 bridgehead atoms. The molecule has 0 aromatic carbocycles. The molecule has 1 rings (SSSR count). The molecule has 1 aliphatic heterocycles. The van der Waals surface area contributed by atoms with Gasteiger partial charge in [-0.3, -0.25) is 4.79 Å². The number of halogens is 1. The molecule has 4 heteroatoms. The van der Waals surface area contributed by atoms with E-state index in [2.05, 4.69) is 0 Å². The summed E-state index contributed by atoms with van der Waals surface area (Å²) in [5, 5.41) is -0.409. The minimum absolute atomic E-state index is 0.0000309. The third-order valence-electron chi connectivity index (χ3n) is 1.83. The number of alkyl halides is 1. The van der Waals surface area contributed by atoms with Crippen LogP contribution in [0.5, 0.6) is 0 Å². The van der Waals surface area contributed by atoms with Crippen LogP contribution >= 0.6 is 11.6 Å². The molecule has 0 unspecified atom stereocenters. The lowest BCUT2D eigenvalue weighted by Crippen LogP contribution is -2.56. The molecule has 1 atom stereocenters. The number of rotatable bonds is 2. The molecule has 1 saturated heterocycles. The van der Waals surface area contributed by atoms with E-state index in [-0.39, 0.29) is 12.0 Å². The van der Waals surface area contributed by atoms with Gasteiger partial charge < -0.3 is 9.64 Å². The highest BCUT2D eigenvalue weighted by molar-refractivity contribution is 6.30. The summed E-state index contributed by atoms with van der Waals surface area (Å²) in [7, 11) is 1.65. The summed E-state index contributed by atoms with van der Waals surface area (Å²) in [4.78, 5) is 12.8. The van der Waals surface area contributed by atoms with E-state index in [1.165, 1.54) is 0 Å². The van der Waals surface area contributed by atoms with Crippen LogP contribution in [0.25, 0.3) is 0 Å². The van der Waals surface area contributed by atoms with Crippen LogP contribution in [0.15, 0.2) is 0 Å². The number of ether oxygens (including phenoxy) is 1. The first-order valence-electron chi connectivity index (χ1n) is 3.60. The molecular weight excluding hydrogens is 166 g/mol. The minimum Gasteiger partial charge on any atom is -0.378 e. The summed E-state index contributed by atoms with van der Waals surface area (Å²) in [6.07, 6.45) is 0.217. The Morgan fingerprint density at radius 2 is 2.27 bits per heavy atom. The average molecular weight is 178 g/mol. The third kappa shape index (κ3) is 1.84. The molecule has 1 amide bonds. The molecule has 64 valence electrons. The molecule has 1 fully saturated rings. The lowest BCUT2D eigenvalue weighted by Gasteiger charge is -2.38. The van der Waals surface area contributed by atoms with E-state index < -0.39 is 5.38 Å². The number of hydrogen-bond acceptors (Lipinski definition) is 2. The van der Waals surface area contributed by atoms with E-state index >= 15 is 0 Å². The number of nitrogens with zero attached hydrogens (tertiary/aromatic N) is 1. The van der Waals surface area contributed by atoms with E-state index in [0.717, 1.165) is 0 Å². The zero-order chi connectivity index (χ0) is 8.43. The van der Waals surface area contributed by atoms with E-state index in [0.29, 0.717) is 13.1 Å². The largest absolute Gasteiger partial charge is 0.378 e. The van der Waals surface area contributed by atoms with Crippen molar-refractivity contribution in [2.24, 2.45) is 0 Å². The Kier molecular flexibility index (Phi) is 2.73. The van der Waals surface area contributed by atoms with Gasteiger partial charge in [-0.15, -0.1) is 11.6 Å². The van der Waals surface area contributed by atoms with Crippen LogP contribution in [0, 0.1) is 0 Å². The highest BCUT2D eigenvalue weighted by Crippen LogP contribution is 2.13. The molecule has 0 aliphatic carbocycles. The quantitative estimate of drug-likeness (QED) is 0.574. The SMILES string of the molecule is COC1CN(C(=O)[C@H](C)Cl)C1. The molecule has 0 N–H and O–H groups in total. The second-order valence-corrected chi connectivity index (χ2v) is 3.37. The van der Waals surface area contributed by atoms with Crippen molar-refractivity contribution >= 4 is 17.5 Å². The van der Waals surface area contributed by atoms with Crippen LogP contribution in [0.3, 0.4) is 0 Å². The van der Waals surface area contributed by atoms with Gasteiger partial charge in [0, 0.05) is 20.2 Å². The number of carbonyl (C=O) groups excluding carboxylic acids is 1. The van der Waals surface area contributed by atoms with Gasteiger partial charge >= 0.3 is 0 Å². The minimum atomic E-state index is -0.409. The van der Waals surface area contributed by atoms with Gasteiger partial charge in [-0.05, 0) is 6.92 Å². The Morgan fingerprint density at radius 1 is 1.73 bits per heavy atom. The molecule has 0 radical (unpaired) electrons. The van der Waals surface area contributed by atoms with Gasteiger partial charge in [0.1, 0.15) is 5.38 Å². The van der Waals surface area contributed by atoms with Crippen LogP contribution in [-0.2, 0) is 9.53 Å². The predicted octanol–water partition coefficient (Wildman–Crippen LogP) is 0.471. The number of hydrogen-bond donors (Lipinski definition) is 0. The van der Waals surface area contributed by atoms with Gasteiger partial charge in [-0.2, -0.15) is 0 Å². The Bertz CT molecular complexity index is 155. The zero-order valence-electron chi connectivity index (χ0n) is 6.71. The maximum Gasteiger partial charge on any atom is 0.240 e. The first-order chi connectivity index (χ1) is 5.15. The lowest BCUT2D eigenvalue weighted by atomic mass is 10.1. The summed E-state index contributed by atoms with van der Waals surface area (Å²) in [6, 6.07) is 0. The van der Waals surface area contributed by atoms with Crippen molar-refractivity contribution in [3.05, 3.63) is 0 Å².